The molecule has 28 heavy (non-hydrogen) atoms. The highest BCUT2D eigenvalue weighted by Crippen LogP contribution is 2.33. The number of aliphatic imine (C=N–C) groups is 1. The lowest BCUT2D eigenvalue weighted by Crippen LogP contribution is -2.44. The molecule has 6 nitrogen and oxygen atoms in total. The maximum atomic E-state index is 6.18. The minimum atomic E-state index is 0.282. The second kappa shape index (κ2) is 9.85. The molecule has 1 aliphatic heterocycles. The number of nitrogens with one attached hydrogen (secondary N) is 2. The smallest absolute Gasteiger partial charge is 0.191 e. The third-order valence-electron chi connectivity index (χ3n) is 4.56. The average molecular weight is 422 g/mol. The molecule has 1 fully saturated rings. The molecule has 0 bridgehead atoms. The lowest BCUT2D eigenvalue weighted by molar-refractivity contribution is 0.415. The van der Waals surface area contributed by atoms with Gasteiger partial charge in [0.25, 0.3) is 0 Å². The van der Waals surface area contributed by atoms with Crippen LogP contribution in [0.2, 0.25) is 10.2 Å². The molecular weight excluding hydrogens is 397 g/mol. The average Bonchev–Trinajstić information content (AvgIpc) is 3.16. The van der Waals surface area contributed by atoms with Crippen LogP contribution >= 0.6 is 23.2 Å². The number of methoxy groups -OCH3 is 1. The van der Waals surface area contributed by atoms with Crippen LogP contribution in [0.4, 0.5) is 5.69 Å². The fourth-order valence-electron chi connectivity index (χ4n) is 3.19. The summed E-state index contributed by atoms with van der Waals surface area (Å²) in [5.74, 6) is 1.63. The number of halogens is 2. The maximum Gasteiger partial charge on any atom is 0.191 e. The van der Waals surface area contributed by atoms with Gasteiger partial charge in [-0.25, -0.2) is 9.98 Å². The van der Waals surface area contributed by atoms with E-state index in [1.54, 1.807) is 19.4 Å². The predicted octanol–water partition coefficient (Wildman–Crippen LogP) is 3.73. The van der Waals surface area contributed by atoms with E-state index in [0.29, 0.717) is 16.7 Å². The van der Waals surface area contributed by atoms with Gasteiger partial charge in [0.1, 0.15) is 10.9 Å². The Morgan fingerprint density at radius 2 is 2.18 bits per heavy atom. The first-order valence-electron chi connectivity index (χ1n) is 9.32. The molecule has 150 valence electrons. The minimum Gasteiger partial charge on any atom is -0.495 e. The summed E-state index contributed by atoms with van der Waals surface area (Å²) in [5, 5.41) is 8.03. The van der Waals surface area contributed by atoms with Crippen molar-refractivity contribution in [2.45, 2.75) is 25.9 Å². The van der Waals surface area contributed by atoms with Crippen molar-refractivity contribution < 1.29 is 4.74 Å². The second-order valence-corrected chi connectivity index (χ2v) is 7.40. The van der Waals surface area contributed by atoms with Gasteiger partial charge in [-0.05, 0) is 43.2 Å². The summed E-state index contributed by atoms with van der Waals surface area (Å²) in [5.41, 5.74) is 2.03. The molecule has 1 atom stereocenters. The molecule has 2 N–H and O–H groups in total. The zero-order valence-electron chi connectivity index (χ0n) is 16.1. The van der Waals surface area contributed by atoms with Crippen LogP contribution in [-0.2, 0) is 6.54 Å². The molecule has 3 rings (SSSR count). The highest BCUT2D eigenvalue weighted by atomic mass is 35.5. The van der Waals surface area contributed by atoms with E-state index in [9.17, 15) is 0 Å². The van der Waals surface area contributed by atoms with Crippen molar-refractivity contribution >= 4 is 34.8 Å². The van der Waals surface area contributed by atoms with Gasteiger partial charge in [0.15, 0.2) is 5.96 Å². The molecule has 1 aromatic heterocycles. The van der Waals surface area contributed by atoms with Gasteiger partial charge in [-0.2, -0.15) is 0 Å². The Morgan fingerprint density at radius 1 is 1.32 bits per heavy atom. The predicted molar refractivity (Wildman–Crippen MR) is 116 cm³/mol. The molecular formula is C20H25Cl2N5O. The lowest BCUT2D eigenvalue weighted by atomic mass is 10.2. The third kappa shape index (κ3) is 5.42. The normalized spacial score (nSPS) is 16.9. The molecule has 1 unspecified atom stereocenters. The van der Waals surface area contributed by atoms with Gasteiger partial charge >= 0.3 is 0 Å². The van der Waals surface area contributed by atoms with Crippen LogP contribution < -0.4 is 20.3 Å². The molecule has 1 aliphatic rings. The molecule has 0 spiro atoms. The van der Waals surface area contributed by atoms with Crippen molar-refractivity contribution in [1.82, 2.24) is 15.6 Å². The van der Waals surface area contributed by atoms with Crippen LogP contribution in [0.25, 0.3) is 0 Å². The number of pyridine rings is 1. The Balaban J connectivity index is 1.64. The highest BCUT2D eigenvalue weighted by Gasteiger charge is 2.25. The first-order chi connectivity index (χ1) is 13.6. The van der Waals surface area contributed by atoms with Gasteiger partial charge in [-0.15, -0.1) is 0 Å². The van der Waals surface area contributed by atoms with E-state index >= 15 is 0 Å². The number of anilines is 1. The van der Waals surface area contributed by atoms with Crippen LogP contribution in [0.5, 0.6) is 5.75 Å². The molecule has 8 heteroatoms. The Hall–Kier alpha value is -2.18. The number of hydrogen-bond acceptors (Lipinski definition) is 4. The van der Waals surface area contributed by atoms with E-state index in [1.165, 1.54) is 0 Å². The summed E-state index contributed by atoms with van der Waals surface area (Å²) in [7, 11) is 1.68. The third-order valence-corrected chi connectivity index (χ3v) is 5.02. The quantitative estimate of drug-likeness (QED) is 0.422. The first kappa shape index (κ1) is 20.6. The highest BCUT2D eigenvalue weighted by molar-refractivity contribution is 6.31. The topological polar surface area (TPSA) is 61.8 Å². The SMILES string of the molecule is CCNC(=NCc1ccc(Cl)nc1)NC1CCN(c2cc(Cl)ccc2OC)C1. The van der Waals surface area contributed by atoms with E-state index in [-0.39, 0.29) is 6.04 Å². The van der Waals surface area contributed by atoms with Crippen LogP contribution in [0, 0.1) is 0 Å². The molecule has 1 saturated heterocycles. The fraction of sp³-hybridized carbons (Fsp3) is 0.400. The first-order valence-corrected chi connectivity index (χ1v) is 10.1. The van der Waals surface area contributed by atoms with Crippen LogP contribution in [0.3, 0.4) is 0 Å². The summed E-state index contributed by atoms with van der Waals surface area (Å²) < 4.78 is 5.49. The molecule has 0 aliphatic carbocycles. The van der Waals surface area contributed by atoms with Gasteiger partial charge in [0.2, 0.25) is 0 Å². The monoisotopic (exact) mass is 421 g/mol. The standard InChI is InChI=1S/C20H25Cl2N5O/c1-3-23-20(25-12-14-4-7-19(22)24-11-14)26-16-8-9-27(13-16)17-10-15(21)5-6-18(17)28-2/h4-7,10-11,16H,3,8-9,12-13H2,1-2H3,(H2,23,25,26). The van der Waals surface area contributed by atoms with E-state index in [0.717, 1.165) is 49.0 Å². The van der Waals surface area contributed by atoms with Crippen LogP contribution in [0.15, 0.2) is 41.5 Å². The molecule has 0 amide bonds. The van der Waals surface area contributed by atoms with E-state index in [2.05, 4.69) is 32.4 Å². The van der Waals surface area contributed by atoms with Gasteiger partial charge in [-0.3, -0.25) is 0 Å². The summed E-state index contributed by atoms with van der Waals surface area (Å²) >= 11 is 12.0. The number of benzene rings is 1. The number of ether oxygens (including phenoxy) is 1. The number of nitrogens with zero attached hydrogens (tertiary/aromatic N) is 3. The van der Waals surface area contributed by atoms with E-state index in [1.807, 2.05) is 24.3 Å². The van der Waals surface area contributed by atoms with Gasteiger partial charge in [0.05, 0.1) is 19.3 Å². The molecule has 0 radical (unpaired) electrons. The van der Waals surface area contributed by atoms with E-state index < -0.39 is 0 Å². The summed E-state index contributed by atoms with van der Waals surface area (Å²) in [6.45, 7) is 5.17. The van der Waals surface area contributed by atoms with Crippen molar-refractivity contribution in [3.05, 3.63) is 52.3 Å². The summed E-state index contributed by atoms with van der Waals surface area (Å²) in [4.78, 5) is 11.1. The lowest BCUT2D eigenvalue weighted by Gasteiger charge is -2.22. The number of guanidine groups is 1. The molecule has 2 aromatic rings. The molecule has 2 heterocycles. The van der Waals surface area contributed by atoms with Crippen molar-refractivity contribution in [2.75, 3.05) is 31.6 Å². The zero-order chi connectivity index (χ0) is 19.9. The minimum absolute atomic E-state index is 0.282. The second-order valence-electron chi connectivity index (χ2n) is 6.58. The maximum absolute atomic E-state index is 6.18. The Kier molecular flexibility index (Phi) is 7.23. The molecule has 1 aromatic carbocycles. The Labute approximate surface area is 175 Å². The number of rotatable bonds is 6. The van der Waals surface area contributed by atoms with E-state index in [4.69, 9.17) is 27.9 Å². The van der Waals surface area contributed by atoms with Crippen molar-refractivity contribution in [1.29, 1.82) is 0 Å². The van der Waals surface area contributed by atoms with Gasteiger partial charge in [-0.1, -0.05) is 29.3 Å². The largest absolute Gasteiger partial charge is 0.495 e. The summed E-state index contributed by atoms with van der Waals surface area (Å²) in [6.07, 6.45) is 2.75. The zero-order valence-corrected chi connectivity index (χ0v) is 17.6. The Morgan fingerprint density at radius 3 is 2.89 bits per heavy atom. The number of aromatic nitrogens is 1. The van der Waals surface area contributed by atoms with Crippen LogP contribution in [-0.4, -0.2) is 43.7 Å². The van der Waals surface area contributed by atoms with Gasteiger partial charge in [0, 0.05) is 36.9 Å². The fourth-order valence-corrected chi connectivity index (χ4v) is 3.47. The summed E-state index contributed by atoms with van der Waals surface area (Å²) in [6, 6.07) is 9.70. The van der Waals surface area contributed by atoms with Crippen molar-refractivity contribution in [3.63, 3.8) is 0 Å². The van der Waals surface area contributed by atoms with Crippen molar-refractivity contribution in [2.24, 2.45) is 4.99 Å². The van der Waals surface area contributed by atoms with Crippen molar-refractivity contribution in [3.8, 4) is 5.75 Å². The van der Waals surface area contributed by atoms with Crippen LogP contribution in [0.1, 0.15) is 18.9 Å². The molecule has 0 saturated carbocycles. The number of hydrogen-bond donors (Lipinski definition) is 2. The Bertz CT molecular complexity index is 813. The van der Waals surface area contributed by atoms with Gasteiger partial charge < -0.3 is 20.3 Å².